The molecule has 1 fully saturated rings. The molecule has 1 saturated carbocycles. The molecule has 0 spiro atoms. The molecule has 0 amide bonds. The number of ether oxygens (including phenoxy) is 1. The summed E-state index contributed by atoms with van der Waals surface area (Å²) in [6.07, 6.45) is 8.32. The van der Waals surface area contributed by atoms with Gasteiger partial charge in [0, 0.05) is 19.9 Å². The van der Waals surface area contributed by atoms with E-state index in [0.717, 1.165) is 19.6 Å². The zero-order chi connectivity index (χ0) is 18.2. The Balaban J connectivity index is 1.70. The minimum absolute atomic E-state index is 0.394. The van der Waals surface area contributed by atoms with Crippen molar-refractivity contribution in [2.24, 2.45) is 0 Å². The van der Waals surface area contributed by atoms with Crippen LogP contribution in [0, 0.1) is 0 Å². The lowest BCUT2D eigenvalue weighted by atomic mass is 9.94. The molecular formula is C22H33N2O2+. The Labute approximate surface area is 157 Å². The maximum atomic E-state index is 10.3. The molecule has 4 heteroatoms. The first kappa shape index (κ1) is 19.2. The summed E-state index contributed by atoms with van der Waals surface area (Å²) in [4.78, 5) is 1.50. The smallest absolute Gasteiger partial charge is 0.126 e. The quantitative estimate of drug-likeness (QED) is 0.723. The Kier molecular flexibility index (Phi) is 7.30. The standard InChI is InChI=1S/C22H32N2O2/c1-26-18-22(25)17-24(20-11-6-3-7-12-20)16-21-13-8-14-23(21)15-19-9-4-2-5-10-19/h2,4-5,8-10,13-14,20,22,25H,3,6-7,11-12,15-18H2,1H3/p+1/t22-/m1/s1. The van der Waals surface area contributed by atoms with Crippen molar-refractivity contribution >= 4 is 0 Å². The van der Waals surface area contributed by atoms with E-state index in [4.69, 9.17) is 4.74 Å². The van der Waals surface area contributed by atoms with E-state index in [1.165, 1.54) is 48.3 Å². The maximum absolute atomic E-state index is 10.3. The first-order chi connectivity index (χ1) is 12.8. The SMILES string of the molecule is COC[C@H](O)C[NH+](Cc1cccn1Cc1ccccc1)C1CCCCC1. The molecule has 2 N–H and O–H groups in total. The highest BCUT2D eigenvalue weighted by Gasteiger charge is 2.27. The molecule has 0 radical (unpaired) electrons. The lowest BCUT2D eigenvalue weighted by Crippen LogP contribution is -3.15. The zero-order valence-corrected chi connectivity index (χ0v) is 15.9. The fourth-order valence-electron chi connectivity index (χ4n) is 4.22. The van der Waals surface area contributed by atoms with Gasteiger partial charge in [0.15, 0.2) is 0 Å². The molecule has 0 bridgehead atoms. The summed E-state index contributed by atoms with van der Waals surface area (Å²) in [5.41, 5.74) is 2.67. The van der Waals surface area contributed by atoms with E-state index in [1.54, 1.807) is 7.11 Å². The first-order valence-corrected chi connectivity index (χ1v) is 9.96. The summed E-state index contributed by atoms with van der Waals surface area (Å²) in [5, 5.41) is 10.3. The van der Waals surface area contributed by atoms with Crippen LogP contribution in [0.5, 0.6) is 0 Å². The number of aliphatic hydroxyl groups excluding tert-OH is 1. The van der Waals surface area contributed by atoms with Crippen LogP contribution in [-0.4, -0.2) is 42.1 Å². The summed E-state index contributed by atoms with van der Waals surface area (Å²) in [6.45, 7) is 3.04. The minimum atomic E-state index is -0.394. The van der Waals surface area contributed by atoms with Crippen molar-refractivity contribution in [3.05, 3.63) is 59.9 Å². The third-order valence-corrected chi connectivity index (χ3v) is 5.57. The van der Waals surface area contributed by atoms with Crippen molar-refractivity contribution in [3.8, 4) is 0 Å². The first-order valence-electron chi connectivity index (χ1n) is 9.96. The van der Waals surface area contributed by atoms with Gasteiger partial charge in [-0.25, -0.2) is 0 Å². The van der Waals surface area contributed by atoms with E-state index in [0.29, 0.717) is 12.6 Å². The summed E-state index contributed by atoms with van der Waals surface area (Å²) in [6, 6.07) is 15.6. The highest BCUT2D eigenvalue weighted by atomic mass is 16.5. The lowest BCUT2D eigenvalue weighted by molar-refractivity contribution is -0.943. The van der Waals surface area contributed by atoms with Gasteiger partial charge in [0.1, 0.15) is 19.2 Å². The van der Waals surface area contributed by atoms with Gasteiger partial charge in [-0.2, -0.15) is 0 Å². The maximum Gasteiger partial charge on any atom is 0.126 e. The second kappa shape index (κ2) is 9.91. The average molecular weight is 358 g/mol. The van der Waals surface area contributed by atoms with Gasteiger partial charge in [0.25, 0.3) is 0 Å². The highest BCUT2D eigenvalue weighted by molar-refractivity contribution is 5.17. The molecule has 4 nitrogen and oxygen atoms in total. The normalized spacial score (nSPS) is 17.9. The molecule has 1 aromatic heterocycles. The van der Waals surface area contributed by atoms with Crippen LogP contribution in [0.4, 0.5) is 0 Å². The van der Waals surface area contributed by atoms with Crippen LogP contribution in [0.3, 0.4) is 0 Å². The number of rotatable bonds is 9. The van der Waals surface area contributed by atoms with E-state index < -0.39 is 6.10 Å². The predicted octanol–water partition coefficient (Wildman–Crippen LogP) is 2.26. The molecule has 3 rings (SSSR count). The third-order valence-electron chi connectivity index (χ3n) is 5.57. The van der Waals surface area contributed by atoms with Crippen LogP contribution in [0.15, 0.2) is 48.7 Å². The number of nitrogens with zero attached hydrogens (tertiary/aromatic N) is 1. The molecule has 1 aliphatic rings. The molecule has 2 aromatic rings. The molecule has 2 atom stereocenters. The van der Waals surface area contributed by atoms with E-state index in [1.807, 2.05) is 0 Å². The third kappa shape index (κ3) is 5.44. The number of hydrogen-bond donors (Lipinski definition) is 2. The van der Waals surface area contributed by atoms with E-state index in [9.17, 15) is 5.11 Å². The van der Waals surface area contributed by atoms with Gasteiger partial charge in [-0.1, -0.05) is 36.8 Å². The Morgan fingerprint density at radius 3 is 2.62 bits per heavy atom. The average Bonchev–Trinajstić information content (AvgIpc) is 3.10. The van der Waals surface area contributed by atoms with Crippen molar-refractivity contribution in [3.63, 3.8) is 0 Å². The summed E-state index contributed by atoms with van der Waals surface area (Å²) in [5.74, 6) is 0. The molecule has 142 valence electrons. The number of benzene rings is 1. The number of nitrogens with one attached hydrogen (secondary N) is 1. The minimum Gasteiger partial charge on any atom is -0.385 e. The zero-order valence-electron chi connectivity index (χ0n) is 15.9. The number of aliphatic hydroxyl groups is 1. The molecule has 1 aromatic carbocycles. The van der Waals surface area contributed by atoms with Crippen LogP contribution in [0.2, 0.25) is 0 Å². The highest BCUT2D eigenvalue weighted by Crippen LogP contribution is 2.16. The topological polar surface area (TPSA) is 38.8 Å². The summed E-state index contributed by atoms with van der Waals surface area (Å²) >= 11 is 0. The van der Waals surface area contributed by atoms with Gasteiger partial charge in [-0.15, -0.1) is 0 Å². The fourth-order valence-corrected chi connectivity index (χ4v) is 4.22. The van der Waals surface area contributed by atoms with Crippen molar-refractivity contribution in [2.75, 3.05) is 20.3 Å². The van der Waals surface area contributed by atoms with Gasteiger partial charge < -0.3 is 19.3 Å². The van der Waals surface area contributed by atoms with Crippen LogP contribution >= 0.6 is 0 Å². The molecule has 0 saturated heterocycles. The van der Waals surface area contributed by atoms with Crippen molar-refractivity contribution in [1.29, 1.82) is 0 Å². The van der Waals surface area contributed by atoms with Crippen molar-refractivity contribution in [2.45, 2.75) is 57.3 Å². The van der Waals surface area contributed by atoms with Crippen LogP contribution in [0.1, 0.15) is 43.4 Å². The van der Waals surface area contributed by atoms with Crippen molar-refractivity contribution in [1.82, 2.24) is 4.57 Å². The van der Waals surface area contributed by atoms with Gasteiger partial charge >= 0.3 is 0 Å². The predicted molar refractivity (Wildman–Crippen MR) is 104 cm³/mol. The molecule has 0 aliphatic heterocycles. The van der Waals surface area contributed by atoms with Crippen LogP contribution < -0.4 is 4.90 Å². The van der Waals surface area contributed by atoms with E-state index in [2.05, 4.69) is 53.2 Å². The Morgan fingerprint density at radius 1 is 1.12 bits per heavy atom. The summed E-state index contributed by atoms with van der Waals surface area (Å²) < 4.78 is 7.51. The van der Waals surface area contributed by atoms with Gasteiger partial charge in [0.05, 0.1) is 18.3 Å². The number of aromatic nitrogens is 1. The molecule has 1 unspecified atom stereocenters. The number of hydrogen-bond acceptors (Lipinski definition) is 2. The Bertz CT molecular complexity index is 635. The molecule has 26 heavy (non-hydrogen) atoms. The van der Waals surface area contributed by atoms with Gasteiger partial charge in [-0.3, -0.25) is 0 Å². The monoisotopic (exact) mass is 357 g/mol. The molecule has 1 heterocycles. The number of methoxy groups -OCH3 is 1. The second-order valence-corrected chi connectivity index (χ2v) is 7.60. The second-order valence-electron chi connectivity index (χ2n) is 7.60. The Hall–Kier alpha value is -1.62. The Morgan fingerprint density at radius 2 is 1.88 bits per heavy atom. The van der Waals surface area contributed by atoms with E-state index in [-0.39, 0.29) is 0 Å². The van der Waals surface area contributed by atoms with Crippen LogP contribution in [0.25, 0.3) is 0 Å². The largest absolute Gasteiger partial charge is 0.385 e. The lowest BCUT2D eigenvalue weighted by Gasteiger charge is -2.33. The van der Waals surface area contributed by atoms with Crippen molar-refractivity contribution < 1.29 is 14.7 Å². The van der Waals surface area contributed by atoms with E-state index >= 15 is 0 Å². The molecule has 1 aliphatic carbocycles. The van der Waals surface area contributed by atoms with Gasteiger partial charge in [0.2, 0.25) is 0 Å². The number of quaternary nitrogens is 1. The van der Waals surface area contributed by atoms with Gasteiger partial charge in [-0.05, 0) is 43.4 Å². The molecular weight excluding hydrogens is 324 g/mol. The van der Waals surface area contributed by atoms with Crippen LogP contribution in [-0.2, 0) is 17.8 Å². The summed E-state index contributed by atoms with van der Waals surface area (Å²) in [7, 11) is 1.66. The fraction of sp³-hybridized carbons (Fsp3) is 0.545.